The SMILES string of the molecule is C=C/C=C(\CCNCc1ccc(Oc2cc3c(cc2Cl)C(C(=O)O)CCO3)cc1)Nc1ccc(C(F)(F)F)cc1. The van der Waals surface area contributed by atoms with Gasteiger partial charge in [0, 0.05) is 36.1 Å². The minimum absolute atomic E-state index is 0.300. The van der Waals surface area contributed by atoms with Crippen molar-refractivity contribution >= 4 is 23.3 Å². The second-order valence-electron chi connectivity index (χ2n) is 9.15. The van der Waals surface area contributed by atoms with Gasteiger partial charge in [0.05, 0.1) is 23.1 Å². The lowest BCUT2D eigenvalue weighted by atomic mass is 9.93. The summed E-state index contributed by atoms with van der Waals surface area (Å²) in [5.74, 6) is -0.183. The number of hydrogen-bond acceptors (Lipinski definition) is 5. The molecule has 1 aliphatic heterocycles. The maximum absolute atomic E-state index is 12.8. The summed E-state index contributed by atoms with van der Waals surface area (Å²) in [4.78, 5) is 11.5. The number of carboxylic acid groups (broad SMARTS) is 1. The Morgan fingerprint density at radius 3 is 2.52 bits per heavy atom. The van der Waals surface area contributed by atoms with Crippen molar-refractivity contribution in [1.82, 2.24) is 5.32 Å². The third kappa shape index (κ3) is 7.58. The third-order valence-corrected chi connectivity index (χ3v) is 6.58. The highest BCUT2D eigenvalue weighted by Gasteiger charge is 2.30. The van der Waals surface area contributed by atoms with Crippen molar-refractivity contribution in [2.24, 2.45) is 0 Å². The van der Waals surface area contributed by atoms with Crippen LogP contribution in [0.25, 0.3) is 0 Å². The van der Waals surface area contributed by atoms with Crippen LogP contribution >= 0.6 is 11.6 Å². The van der Waals surface area contributed by atoms with Gasteiger partial charge in [-0.15, -0.1) is 0 Å². The van der Waals surface area contributed by atoms with Crippen molar-refractivity contribution < 1.29 is 32.5 Å². The molecule has 0 fully saturated rings. The zero-order valence-electron chi connectivity index (χ0n) is 21.4. The van der Waals surface area contributed by atoms with E-state index < -0.39 is 23.6 Å². The number of rotatable bonds is 11. The molecule has 0 radical (unpaired) electrons. The average Bonchev–Trinajstić information content (AvgIpc) is 2.92. The van der Waals surface area contributed by atoms with Crippen LogP contribution in [-0.2, 0) is 17.5 Å². The molecular formula is C30H28ClF3N2O4. The number of halogens is 4. The van der Waals surface area contributed by atoms with Gasteiger partial charge in [-0.2, -0.15) is 13.2 Å². The molecular weight excluding hydrogens is 545 g/mol. The van der Waals surface area contributed by atoms with E-state index in [1.54, 1.807) is 24.3 Å². The zero-order chi connectivity index (χ0) is 28.7. The molecule has 1 unspecified atom stereocenters. The number of hydrogen-bond donors (Lipinski definition) is 3. The van der Waals surface area contributed by atoms with Gasteiger partial charge in [-0.25, -0.2) is 0 Å². The van der Waals surface area contributed by atoms with Crippen molar-refractivity contribution in [2.75, 3.05) is 18.5 Å². The summed E-state index contributed by atoms with van der Waals surface area (Å²) in [5.41, 5.74) is 2.23. The van der Waals surface area contributed by atoms with Crippen molar-refractivity contribution in [3.05, 3.63) is 107 Å². The Labute approximate surface area is 235 Å². The van der Waals surface area contributed by atoms with Crippen LogP contribution in [-0.4, -0.2) is 24.2 Å². The van der Waals surface area contributed by atoms with E-state index in [-0.39, 0.29) is 0 Å². The number of carbonyl (C=O) groups is 1. The highest BCUT2D eigenvalue weighted by Crippen LogP contribution is 2.41. The van der Waals surface area contributed by atoms with E-state index in [1.807, 2.05) is 24.3 Å². The van der Waals surface area contributed by atoms with Gasteiger partial charge >= 0.3 is 12.1 Å². The number of carboxylic acids is 1. The normalized spacial score (nSPS) is 15.1. The molecule has 3 N–H and O–H groups in total. The highest BCUT2D eigenvalue weighted by molar-refractivity contribution is 6.32. The highest BCUT2D eigenvalue weighted by atomic mass is 35.5. The van der Waals surface area contributed by atoms with Crippen LogP contribution in [0.15, 0.2) is 85.1 Å². The van der Waals surface area contributed by atoms with Crippen LogP contribution in [0.3, 0.4) is 0 Å². The van der Waals surface area contributed by atoms with Gasteiger partial charge in [0.25, 0.3) is 0 Å². The fourth-order valence-electron chi connectivity index (χ4n) is 4.24. The Bertz CT molecular complexity index is 1370. The van der Waals surface area contributed by atoms with Crippen LogP contribution in [0.5, 0.6) is 17.2 Å². The molecule has 40 heavy (non-hydrogen) atoms. The topological polar surface area (TPSA) is 79.8 Å². The summed E-state index contributed by atoms with van der Waals surface area (Å²) < 4.78 is 49.9. The van der Waals surface area contributed by atoms with Gasteiger partial charge in [-0.1, -0.05) is 36.4 Å². The maximum atomic E-state index is 12.8. The number of nitrogens with one attached hydrogen (secondary N) is 2. The van der Waals surface area contributed by atoms with E-state index in [0.717, 1.165) is 23.4 Å². The lowest BCUT2D eigenvalue weighted by Crippen LogP contribution is -2.20. The molecule has 0 amide bonds. The first kappa shape index (κ1) is 29.0. The van der Waals surface area contributed by atoms with Gasteiger partial charge in [0.1, 0.15) is 17.2 Å². The van der Waals surface area contributed by atoms with E-state index in [2.05, 4.69) is 17.2 Å². The van der Waals surface area contributed by atoms with Gasteiger partial charge in [-0.05, 0) is 66.9 Å². The second-order valence-corrected chi connectivity index (χ2v) is 9.56. The minimum atomic E-state index is -4.37. The Balaban J connectivity index is 1.28. The van der Waals surface area contributed by atoms with Crippen molar-refractivity contribution in [2.45, 2.75) is 31.5 Å². The minimum Gasteiger partial charge on any atom is -0.493 e. The lowest BCUT2D eigenvalue weighted by Gasteiger charge is -2.24. The van der Waals surface area contributed by atoms with Crippen LogP contribution < -0.4 is 20.1 Å². The molecule has 3 aromatic rings. The van der Waals surface area contributed by atoms with Gasteiger partial charge in [-0.3, -0.25) is 4.79 Å². The molecule has 0 aromatic heterocycles. The van der Waals surface area contributed by atoms with Crippen molar-refractivity contribution in [3.63, 3.8) is 0 Å². The number of ether oxygens (including phenoxy) is 2. The van der Waals surface area contributed by atoms with E-state index in [1.165, 1.54) is 12.1 Å². The number of allylic oxidation sites excluding steroid dienone is 2. The van der Waals surface area contributed by atoms with E-state index >= 15 is 0 Å². The number of benzene rings is 3. The largest absolute Gasteiger partial charge is 0.493 e. The fraction of sp³-hybridized carbons (Fsp3) is 0.233. The molecule has 6 nitrogen and oxygen atoms in total. The molecule has 10 heteroatoms. The summed E-state index contributed by atoms with van der Waals surface area (Å²) in [6.45, 7) is 5.22. The van der Waals surface area contributed by atoms with E-state index in [9.17, 15) is 23.1 Å². The molecule has 1 heterocycles. The second kappa shape index (κ2) is 12.9. The Kier molecular flexibility index (Phi) is 9.39. The summed E-state index contributed by atoms with van der Waals surface area (Å²) in [7, 11) is 0. The van der Waals surface area contributed by atoms with Crippen LogP contribution in [0, 0.1) is 0 Å². The summed E-state index contributed by atoms with van der Waals surface area (Å²) in [6, 6.07) is 15.5. The lowest BCUT2D eigenvalue weighted by molar-refractivity contribution is -0.139. The standard InChI is InChI=1S/C30H28ClF3N2O4/c1-2-3-21(36-22-8-6-20(7-9-22)30(32,33)34)12-14-35-18-19-4-10-23(11-5-19)40-28-17-27-25(16-26(28)31)24(29(37)38)13-15-39-27/h2-11,16-17,24,35-36H,1,12-15,18H2,(H,37,38)/b21-3+. The molecule has 4 rings (SSSR count). The Morgan fingerprint density at radius 1 is 1.15 bits per heavy atom. The molecule has 1 atom stereocenters. The Hall–Kier alpha value is -3.95. The van der Waals surface area contributed by atoms with E-state index in [4.69, 9.17) is 21.1 Å². The zero-order valence-corrected chi connectivity index (χ0v) is 22.2. The predicted octanol–water partition coefficient (Wildman–Crippen LogP) is 7.76. The summed E-state index contributed by atoms with van der Waals surface area (Å²) in [6.07, 6.45) is 0.0234. The molecule has 0 saturated carbocycles. The van der Waals surface area contributed by atoms with Gasteiger partial charge in [0.2, 0.25) is 0 Å². The van der Waals surface area contributed by atoms with E-state index in [0.29, 0.717) is 66.1 Å². The maximum Gasteiger partial charge on any atom is 0.416 e. The van der Waals surface area contributed by atoms with Crippen molar-refractivity contribution in [1.29, 1.82) is 0 Å². The number of anilines is 1. The number of aliphatic carboxylic acids is 1. The van der Waals surface area contributed by atoms with Crippen LogP contribution in [0.4, 0.5) is 18.9 Å². The molecule has 1 aliphatic rings. The average molecular weight is 573 g/mol. The van der Waals surface area contributed by atoms with Crippen molar-refractivity contribution in [3.8, 4) is 17.2 Å². The summed E-state index contributed by atoms with van der Waals surface area (Å²) in [5, 5.41) is 16.2. The first-order valence-corrected chi connectivity index (χ1v) is 12.9. The fourth-order valence-corrected chi connectivity index (χ4v) is 4.45. The van der Waals surface area contributed by atoms with Crippen LogP contribution in [0.2, 0.25) is 5.02 Å². The smallest absolute Gasteiger partial charge is 0.416 e. The molecule has 0 spiro atoms. The molecule has 210 valence electrons. The molecule has 0 saturated heterocycles. The third-order valence-electron chi connectivity index (χ3n) is 6.29. The molecule has 0 aliphatic carbocycles. The molecule has 3 aromatic carbocycles. The first-order valence-electron chi connectivity index (χ1n) is 12.6. The monoisotopic (exact) mass is 572 g/mol. The van der Waals surface area contributed by atoms with Gasteiger partial charge < -0.3 is 25.2 Å². The first-order chi connectivity index (χ1) is 19.1. The summed E-state index contributed by atoms with van der Waals surface area (Å²) >= 11 is 6.38. The number of fused-ring (bicyclic) bond motifs is 1. The quantitative estimate of drug-likeness (QED) is 0.161. The predicted molar refractivity (Wildman–Crippen MR) is 148 cm³/mol. The van der Waals surface area contributed by atoms with Crippen LogP contribution in [0.1, 0.15) is 35.4 Å². The Morgan fingerprint density at radius 2 is 1.88 bits per heavy atom. The number of alkyl halides is 3. The van der Waals surface area contributed by atoms with Gasteiger partial charge in [0.15, 0.2) is 0 Å². The molecule has 0 bridgehead atoms.